The molecule has 1 aromatic rings. The molecule has 1 heterocycles. The molecule has 1 nitrogen and oxygen atoms in total. The van der Waals surface area contributed by atoms with E-state index in [2.05, 4.69) is 47.8 Å². The number of nitrogens with one attached hydrogen (secondary N) is 1. The highest BCUT2D eigenvalue weighted by atomic mass is 32.2. The van der Waals surface area contributed by atoms with Gasteiger partial charge in [0.05, 0.1) is 0 Å². The molecule has 0 saturated carbocycles. The summed E-state index contributed by atoms with van der Waals surface area (Å²) in [6, 6.07) is 2.92. The van der Waals surface area contributed by atoms with Gasteiger partial charge in [-0.3, -0.25) is 0 Å². The van der Waals surface area contributed by atoms with E-state index >= 15 is 0 Å². The second-order valence-electron chi connectivity index (χ2n) is 4.00. The maximum atomic E-state index is 3.59. The minimum absolute atomic E-state index is 0.682. The third-order valence-electron chi connectivity index (χ3n) is 2.52. The van der Waals surface area contributed by atoms with Gasteiger partial charge < -0.3 is 5.32 Å². The fourth-order valence-corrected chi connectivity index (χ4v) is 3.41. The van der Waals surface area contributed by atoms with Crippen LogP contribution in [0.2, 0.25) is 0 Å². The van der Waals surface area contributed by atoms with Gasteiger partial charge in [0.1, 0.15) is 0 Å². The molecular weight excluding hydrogens is 234 g/mol. The van der Waals surface area contributed by atoms with Gasteiger partial charge in [0.25, 0.3) is 0 Å². The van der Waals surface area contributed by atoms with Crippen LogP contribution in [0, 0.1) is 0 Å². The van der Waals surface area contributed by atoms with Crippen molar-refractivity contribution in [3.63, 3.8) is 0 Å². The zero-order chi connectivity index (χ0) is 11.6. The van der Waals surface area contributed by atoms with Crippen molar-refractivity contribution >= 4 is 23.1 Å². The Morgan fingerprint density at radius 3 is 2.94 bits per heavy atom. The molecule has 0 radical (unpaired) electrons. The predicted molar refractivity (Wildman–Crippen MR) is 77.7 cm³/mol. The van der Waals surface area contributed by atoms with Crippen molar-refractivity contribution in [2.24, 2.45) is 0 Å². The smallest absolute Gasteiger partial charge is 0.0161 e. The van der Waals surface area contributed by atoms with Crippen molar-refractivity contribution < 1.29 is 0 Å². The van der Waals surface area contributed by atoms with Gasteiger partial charge in [-0.25, -0.2) is 0 Å². The van der Waals surface area contributed by atoms with Crippen LogP contribution in [0.5, 0.6) is 0 Å². The van der Waals surface area contributed by atoms with E-state index in [0.29, 0.717) is 6.04 Å². The monoisotopic (exact) mass is 257 g/mol. The van der Waals surface area contributed by atoms with Crippen LogP contribution in [-0.4, -0.2) is 24.1 Å². The predicted octanol–water partition coefficient (Wildman–Crippen LogP) is 3.80. The summed E-state index contributed by atoms with van der Waals surface area (Å²) < 4.78 is 0. The maximum Gasteiger partial charge on any atom is 0.0161 e. The highest BCUT2D eigenvalue weighted by Crippen LogP contribution is 2.13. The Balaban J connectivity index is 2.21. The second-order valence-corrected chi connectivity index (χ2v) is 5.93. The molecule has 16 heavy (non-hydrogen) atoms. The summed E-state index contributed by atoms with van der Waals surface area (Å²) in [4.78, 5) is 0. The van der Waals surface area contributed by atoms with Crippen molar-refractivity contribution in [1.82, 2.24) is 5.32 Å². The third kappa shape index (κ3) is 5.92. The number of hydrogen-bond donors (Lipinski definition) is 1. The fourth-order valence-electron chi connectivity index (χ4n) is 1.68. The number of thioether (sulfide) groups is 1. The summed E-state index contributed by atoms with van der Waals surface area (Å²) >= 11 is 3.88. The SMILES string of the molecule is CCCSCC(CCc1ccsc1)NCC. The molecule has 0 saturated heterocycles. The van der Waals surface area contributed by atoms with Crippen LogP contribution in [0.4, 0.5) is 0 Å². The molecule has 0 aliphatic rings. The van der Waals surface area contributed by atoms with Gasteiger partial charge in [-0.1, -0.05) is 13.8 Å². The molecule has 0 fully saturated rings. The first-order valence-corrected chi connectivity index (χ1v) is 8.28. The van der Waals surface area contributed by atoms with E-state index in [1.807, 2.05) is 0 Å². The summed E-state index contributed by atoms with van der Waals surface area (Å²) in [5, 5.41) is 8.02. The van der Waals surface area contributed by atoms with Crippen LogP contribution in [0.25, 0.3) is 0 Å². The molecule has 1 aromatic heterocycles. The van der Waals surface area contributed by atoms with E-state index in [-0.39, 0.29) is 0 Å². The summed E-state index contributed by atoms with van der Waals surface area (Å²) in [5.41, 5.74) is 1.49. The first kappa shape index (κ1) is 14.1. The van der Waals surface area contributed by atoms with Crippen molar-refractivity contribution in [3.8, 4) is 0 Å². The van der Waals surface area contributed by atoms with Gasteiger partial charge in [-0.2, -0.15) is 23.1 Å². The van der Waals surface area contributed by atoms with Crippen LogP contribution in [0.1, 0.15) is 32.3 Å². The van der Waals surface area contributed by atoms with E-state index in [1.165, 1.54) is 36.3 Å². The van der Waals surface area contributed by atoms with Gasteiger partial charge in [0.2, 0.25) is 0 Å². The van der Waals surface area contributed by atoms with Gasteiger partial charge in [-0.15, -0.1) is 0 Å². The van der Waals surface area contributed by atoms with Crippen molar-refractivity contribution in [2.75, 3.05) is 18.1 Å². The molecule has 92 valence electrons. The zero-order valence-corrected chi connectivity index (χ0v) is 12.0. The topological polar surface area (TPSA) is 12.0 Å². The van der Waals surface area contributed by atoms with Crippen LogP contribution >= 0.6 is 23.1 Å². The molecule has 1 unspecified atom stereocenters. The summed E-state index contributed by atoms with van der Waals surface area (Å²) in [6.07, 6.45) is 3.77. The Bertz CT molecular complexity index is 246. The Kier molecular flexibility index (Phi) is 7.99. The molecule has 3 heteroatoms. The third-order valence-corrected chi connectivity index (χ3v) is 4.59. The molecule has 0 bridgehead atoms. The number of aryl methyl sites for hydroxylation is 1. The van der Waals surface area contributed by atoms with Crippen molar-refractivity contribution in [3.05, 3.63) is 22.4 Å². The highest BCUT2D eigenvalue weighted by Gasteiger charge is 2.07. The summed E-state index contributed by atoms with van der Waals surface area (Å²) in [7, 11) is 0. The molecule has 1 rings (SSSR count). The minimum Gasteiger partial charge on any atom is -0.313 e. The quantitative estimate of drug-likeness (QED) is 0.675. The van der Waals surface area contributed by atoms with E-state index < -0.39 is 0 Å². The van der Waals surface area contributed by atoms with Crippen molar-refractivity contribution in [2.45, 2.75) is 39.2 Å². The number of rotatable bonds is 9. The zero-order valence-electron chi connectivity index (χ0n) is 10.4. The summed E-state index contributed by atoms with van der Waals surface area (Å²) in [5.74, 6) is 2.55. The van der Waals surface area contributed by atoms with Gasteiger partial charge >= 0.3 is 0 Å². The molecule has 1 N–H and O–H groups in total. The average Bonchev–Trinajstić information content (AvgIpc) is 2.79. The Hall–Kier alpha value is 0.01000. The molecular formula is C13H23NS2. The first-order chi connectivity index (χ1) is 7.86. The molecule has 0 amide bonds. The van der Waals surface area contributed by atoms with Crippen LogP contribution in [0.15, 0.2) is 16.8 Å². The number of hydrogen-bond acceptors (Lipinski definition) is 3. The second kappa shape index (κ2) is 9.08. The van der Waals surface area contributed by atoms with E-state index in [9.17, 15) is 0 Å². The Morgan fingerprint density at radius 1 is 1.44 bits per heavy atom. The molecule has 0 aliphatic carbocycles. The molecule has 0 aliphatic heterocycles. The Morgan fingerprint density at radius 2 is 2.31 bits per heavy atom. The lowest BCUT2D eigenvalue weighted by Gasteiger charge is -2.17. The average molecular weight is 257 g/mol. The normalized spacial score (nSPS) is 12.9. The molecule has 1 atom stereocenters. The van der Waals surface area contributed by atoms with E-state index in [4.69, 9.17) is 0 Å². The van der Waals surface area contributed by atoms with Gasteiger partial charge in [0, 0.05) is 11.8 Å². The lowest BCUT2D eigenvalue weighted by molar-refractivity contribution is 0.538. The van der Waals surface area contributed by atoms with Crippen LogP contribution < -0.4 is 5.32 Å². The maximum absolute atomic E-state index is 3.59. The lowest BCUT2D eigenvalue weighted by atomic mass is 10.1. The summed E-state index contributed by atoms with van der Waals surface area (Å²) in [6.45, 7) is 5.53. The van der Waals surface area contributed by atoms with E-state index in [1.54, 1.807) is 11.3 Å². The van der Waals surface area contributed by atoms with Gasteiger partial charge in [-0.05, 0) is 54.0 Å². The largest absolute Gasteiger partial charge is 0.313 e. The fraction of sp³-hybridized carbons (Fsp3) is 0.692. The van der Waals surface area contributed by atoms with E-state index in [0.717, 1.165) is 6.54 Å². The minimum atomic E-state index is 0.682. The molecule has 0 spiro atoms. The van der Waals surface area contributed by atoms with Gasteiger partial charge in [0.15, 0.2) is 0 Å². The van der Waals surface area contributed by atoms with Crippen molar-refractivity contribution in [1.29, 1.82) is 0 Å². The highest BCUT2D eigenvalue weighted by molar-refractivity contribution is 7.99. The number of thiophene rings is 1. The lowest BCUT2D eigenvalue weighted by Crippen LogP contribution is -2.31. The van der Waals surface area contributed by atoms with Crippen LogP contribution in [-0.2, 0) is 6.42 Å². The standard InChI is InChI=1S/C13H23NS2/c1-3-8-15-11-13(14-4-2)6-5-12-7-9-16-10-12/h7,9-10,13-14H,3-6,8,11H2,1-2H3. The first-order valence-electron chi connectivity index (χ1n) is 6.19. The molecule has 0 aromatic carbocycles. The van der Waals surface area contributed by atoms with Crippen LogP contribution in [0.3, 0.4) is 0 Å². The Labute approximate surface area is 108 Å².